The Morgan fingerprint density at radius 2 is 2.00 bits per heavy atom. The molecular weight excluding hydrogens is 202 g/mol. The third-order valence-electron chi connectivity index (χ3n) is 2.73. The SMILES string of the molecule is Nc1ncc(CCCN2CC=CC2)c(N)n1. The quantitative estimate of drug-likeness (QED) is 0.718. The van der Waals surface area contributed by atoms with E-state index in [1.54, 1.807) is 6.20 Å². The molecule has 0 aliphatic carbocycles. The van der Waals surface area contributed by atoms with Gasteiger partial charge in [-0.05, 0) is 19.4 Å². The number of nitrogen functional groups attached to an aromatic ring is 2. The lowest BCUT2D eigenvalue weighted by atomic mass is 10.1. The third kappa shape index (κ3) is 2.70. The van der Waals surface area contributed by atoms with E-state index in [0.717, 1.165) is 38.0 Å². The molecule has 0 atom stereocenters. The average Bonchev–Trinajstić information content (AvgIpc) is 2.74. The summed E-state index contributed by atoms with van der Waals surface area (Å²) < 4.78 is 0. The Kier molecular flexibility index (Phi) is 3.36. The number of hydrogen-bond donors (Lipinski definition) is 2. The molecule has 1 aromatic rings. The largest absolute Gasteiger partial charge is 0.383 e. The molecule has 0 aromatic carbocycles. The van der Waals surface area contributed by atoms with Crippen LogP contribution in [-0.2, 0) is 6.42 Å². The van der Waals surface area contributed by atoms with Crippen molar-refractivity contribution in [2.45, 2.75) is 12.8 Å². The monoisotopic (exact) mass is 219 g/mol. The summed E-state index contributed by atoms with van der Waals surface area (Å²) in [7, 11) is 0. The molecule has 0 bridgehead atoms. The van der Waals surface area contributed by atoms with E-state index >= 15 is 0 Å². The van der Waals surface area contributed by atoms with Crippen molar-refractivity contribution in [3.05, 3.63) is 23.9 Å². The molecule has 2 rings (SSSR count). The van der Waals surface area contributed by atoms with Gasteiger partial charge in [-0.1, -0.05) is 12.2 Å². The van der Waals surface area contributed by atoms with Gasteiger partial charge in [-0.25, -0.2) is 4.98 Å². The number of hydrogen-bond acceptors (Lipinski definition) is 5. The first-order chi connectivity index (χ1) is 7.75. The van der Waals surface area contributed by atoms with Crippen LogP contribution in [0.5, 0.6) is 0 Å². The molecule has 2 heterocycles. The van der Waals surface area contributed by atoms with Gasteiger partial charge in [0.15, 0.2) is 0 Å². The Labute approximate surface area is 95.2 Å². The Balaban J connectivity index is 1.80. The van der Waals surface area contributed by atoms with E-state index in [1.807, 2.05) is 0 Å². The van der Waals surface area contributed by atoms with Crippen LogP contribution in [0.1, 0.15) is 12.0 Å². The first-order valence-corrected chi connectivity index (χ1v) is 5.50. The van der Waals surface area contributed by atoms with Gasteiger partial charge in [0.1, 0.15) is 5.82 Å². The lowest BCUT2D eigenvalue weighted by Gasteiger charge is -2.14. The van der Waals surface area contributed by atoms with Gasteiger partial charge in [-0.15, -0.1) is 0 Å². The normalized spacial score (nSPS) is 15.8. The summed E-state index contributed by atoms with van der Waals surface area (Å²) in [5, 5.41) is 0. The highest BCUT2D eigenvalue weighted by Gasteiger charge is 2.07. The number of aryl methyl sites for hydroxylation is 1. The van der Waals surface area contributed by atoms with E-state index in [2.05, 4.69) is 27.0 Å². The Hall–Kier alpha value is -1.62. The molecule has 86 valence electrons. The molecule has 0 amide bonds. The van der Waals surface area contributed by atoms with E-state index in [9.17, 15) is 0 Å². The van der Waals surface area contributed by atoms with Gasteiger partial charge in [0.05, 0.1) is 0 Å². The minimum atomic E-state index is 0.241. The molecule has 0 saturated heterocycles. The number of nitrogens with two attached hydrogens (primary N) is 2. The molecule has 0 radical (unpaired) electrons. The number of nitrogens with zero attached hydrogens (tertiary/aromatic N) is 3. The van der Waals surface area contributed by atoms with Crippen molar-refractivity contribution >= 4 is 11.8 Å². The van der Waals surface area contributed by atoms with Crippen molar-refractivity contribution in [3.8, 4) is 0 Å². The molecule has 1 aliphatic rings. The second-order valence-corrected chi connectivity index (χ2v) is 3.97. The fraction of sp³-hybridized carbons (Fsp3) is 0.455. The first-order valence-electron chi connectivity index (χ1n) is 5.50. The molecule has 4 N–H and O–H groups in total. The fourth-order valence-electron chi connectivity index (χ4n) is 1.82. The van der Waals surface area contributed by atoms with Crippen LogP contribution in [0.25, 0.3) is 0 Å². The minimum absolute atomic E-state index is 0.241. The maximum Gasteiger partial charge on any atom is 0.221 e. The predicted octanol–water partition coefficient (Wildman–Crippen LogP) is 0.445. The summed E-state index contributed by atoms with van der Waals surface area (Å²) in [5.74, 6) is 0.747. The molecule has 5 nitrogen and oxygen atoms in total. The van der Waals surface area contributed by atoms with E-state index in [0.29, 0.717) is 5.82 Å². The van der Waals surface area contributed by atoms with E-state index < -0.39 is 0 Å². The topological polar surface area (TPSA) is 81.1 Å². The van der Waals surface area contributed by atoms with Crippen molar-refractivity contribution < 1.29 is 0 Å². The molecule has 0 unspecified atom stereocenters. The van der Waals surface area contributed by atoms with Crippen LogP contribution in [0.15, 0.2) is 18.3 Å². The summed E-state index contributed by atoms with van der Waals surface area (Å²) in [6.07, 6.45) is 8.09. The summed E-state index contributed by atoms with van der Waals surface area (Å²) in [6, 6.07) is 0. The van der Waals surface area contributed by atoms with Crippen LogP contribution < -0.4 is 11.5 Å². The Morgan fingerprint density at radius 1 is 1.25 bits per heavy atom. The molecule has 0 fully saturated rings. The van der Waals surface area contributed by atoms with Crippen LogP contribution >= 0.6 is 0 Å². The van der Waals surface area contributed by atoms with Gasteiger partial charge in [-0.2, -0.15) is 4.98 Å². The zero-order valence-corrected chi connectivity index (χ0v) is 9.26. The summed E-state index contributed by atoms with van der Waals surface area (Å²) >= 11 is 0. The van der Waals surface area contributed by atoms with Crippen molar-refractivity contribution in [1.82, 2.24) is 14.9 Å². The maximum atomic E-state index is 5.76. The van der Waals surface area contributed by atoms with E-state index in [-0.39, 0.29) is 5.95 Å². The van der Waals surface area contributed by atoms with Crippen molar-refractivity contribution in [2.24, 2.45) is 0 Å². The second-order valence-electron chi connectivity index (χ2n) is 3.97. The molecule has 1 aliphatic heterocycles. The van der Waals surface area contributed by atoms with Crippen LogP contribution in [0.2, 0.25) is 0 Å². The van der Waals surface area contributed by atoms with Gasteiger partial charge < -0.3 is 11.5 Å². The van der Waals surface area contributed by atoms with Crippen molar-refractivity contribution in [1.29, 1.82) is 0 Å². The fourth-order valence-corrected chi connectivity index (χ4v) is 1.82. The van der Waals surface area contributed by atoms with Gasteiger partial charge in [-0.3, -0.25) is 4.90 Å². The van der Waals surface area contributed by atoms with Gasteiger partial charge in [0.25, 0.3) is 0 Å². The molecule has 0 saturated carbocycles. The van der Waals surface area contributed by atoms with Crippen LogP contribution in [-0.4, -0.2) is 34.5 Å². The van der Waals surface area contributed by atoms with E-state index in [4.69, 9.17) is 11.5 Å². The minimum Gasteiger partial charge on any atom is -0.383 e. The van der Waals surface area contributed by atoms with Crippen molar-refractivity contribution in [3.63, 3.8) is 0 Å². The summed E-state index contributed by atoms with van der Waals surface area (Å²) in [5.41, 5.74) is 12.2. The number of anilines is 2. The highest BCUT2D eigenvalue weighted by Crippen LogP contribution is 2.11. The van der Waals surface area contributed by atoms with Crippen LogP contribution in [0.3, 0.4) is 0 Å². The smallest absolute Gasteiger partial charge is 0.221 e. The second kappa shape index (κ2) is 4.94. The Morgan fingerprint density at radius 3 is 2.69 bits per heavy atom. The zero-order valence-electron chi connectivity index (χ0n) is 9.26. The maximum absolute atomic E-state index is 5.76. The zero-order chi connectivity index (χ0) is 11.4. The third-order valence-corrected chi connectivity index (χ3v) is 2.73. The Bertz CT molecular complexity index is 380. The van der Waals surface area contributed by atoms with Gasteiger partial charge in [0.2, 0.25) is 5.95 Å². The molecule has 0 spiro atoms. The highest BCUT2D eigenvalue weighted by atomic mass is 15.1. The molecule has 5 heteroatoms. The highest BCUT2D eigenvalue weighted by molar-refractivity contribution is 5.41. The molecule has 16 heavy (non-hydrogen) atoms. The first kappa shape index (κ1) is 10.9. The molecular formula is C11H17N5. The van der Waals surface area contributed by atoms with Gasteiger partial charge in [0, 0.05) is 24.8 Å². The summed E-state index contributed by atoms with van der Waals surface area (Å²) in [6.45, 7) is 3.21. The molecule has 1 aromatic heterocycles. The lowest BCUT2D eigenvalue weighted by Crippen LogP contribution is -2.21. The summed E-state index contributed by atoms with van der Waals surface area (Å²) in [4.78, 5) is 10.3. The number of rotatable bonds is 4. The lowest BCUT2D eigenvalue weighted by molar-refractivity contribution is 0.347. The van der Waals surface area contributed by atoms with Crippen molar-refractivity contribution in [2.75, 3.05) is 31.1 Å². The van der Waals surface area contributed by atoms with Crippen LogP contribution in [0.4, 0.5) is 11.8 Å². The predicted molar refractivity (Wildman–Crippen MR) is 64.8 cm³/mol. The van der Waals surface area contributed by atoms with Crippen LogP contribution in [0, 0.1) is 0 Å². The van der Waals surface area contributed by atoms with Gasteiger partial charge >= 0.3 is 0 Å². The van der Waals surface area contributed by atoms with E-state index in [1.165, 1.54) is 0 Å². The average molecular weight is 219 g/mol. The standard InChI is InChI=1S/C11H17N5/c12-10-9(8-14-11(13)15-10)4-3-7-16-5-1-2-6-16/h1-2,8H,3-7H2,(H4,12,13,14,15). The number of aromatic nitrogens is 2.